The fourth-order valence-corrected chi connectivity index (χ4v) is 3.35. The summed E-state index contributed by atoms with van der Waals surface area (Å²) >= 11 is 0. The highest BCUT2D eigenvalue weighted by atomic mass is 15.1. The summed E-state index contributed by atoms with van der Waals surface area (Å²) in [4.78, 5) is 4.06. The van der Waals surface area contributed by atoms with Crippen molar-refractivity contribution >= 4 is 5.95 Å². The fraction of sp³-hybridized carbons (Fsp3) is 0.727. The zero-order valence-electron chi connectivity index (χ0n) is 8.39. The molecule has 2 N–H and O–H groups in total. The summed E-state index contributed by atoms with van der Waals surface area (Å²) in [6, 6.07) is 0. The van der Waals surface area contributed by atoms with Crippen molar-refractivity contribution in [3.63, 3.8) is 0 Å². The van der Waals surface area contributed by atoms with Crippen LogP contribution in [-0.2, 0) is 6.54 Å². The Morgan fingerprint density at radius 2 is 2.36 bits per heavy atom. The average Bonchev–Trinajstić information content (AvgIpc) is 2.83. The molecule has 3 rings (SSSR count). The molecule has 0 amide bonds. The fourth-order valence-electron chi connectivity index (χ4n) is 3.35. The van der Waals surface area contributed by atoms with Crippen LogP contribution in [0.5, 0.6) is 0 Å². The zero-order valence-corrected chi connectivity index (χ0v) is 8.39. The Labute approximate surface area is 84.3 Å². The van der Waals surface area contributed by atoms with Crippen molar-refractivity contribution in [3.05, 3.63) is 12.4 Å². The third-order valence-corrected chi connectivity index (χ3v) is 4.06. The molecule has 1 aromatic heterocycles. The van der Waals surface area contributed by atoms with Crippen molar-refractivity contribution in [3.8, 4) is 0 Å². The van der Waals surface area contributed by atoms with E-state index in [-0.39, 0.29) is 0 Å². The van der Waals surface area contributed by atoms with Gasteiger partial charge in [0, 0.05) is 18.9 Å². The van der Waals surface area contributed by atoms with E-state index >= 15 is 0 Å². The second kappa shape index (κ2) is 3.01. The summed E-state index contributed by atoms with van der Waals surface area (Å²) in [5.74, 6) is 3.54. The van der Waals surface area contributed by atoms with Crippen LogP contribution in [0.1, 0.15) is 25.7 Å². The Kier molecular flexibility index (Phi) is 1.79. The zero-order chi connectivity index (χ0) is 9.54. The first-order chi connectivity index (χ1) is 6.83. The molecule has 2 saturated carbocycles. The molecule has 3 nitrogen and oxygen atoms in total. The predicted octanol–water partition coefficient (Wildman–Crippen LogP) is 1.90. The van der Waals surface area contributed by atoms with E-state index in [4.69, 9.17) is 5.73 Å². The molecule has 0 aliphatic heterocycles. The maximum atomic E-state index is 5.77. The van der Waals surface area contributed by atoms with Gasteiger partial charge in [0.25, 0.3) is 0 Å². The minimum absolute atomic E-state index is 0.674. The minimum atomic E-state index is 0.674. The molecule has 3 atom stereocenters. The molecule has 76 valence electrons. The summed E-state index contributed by atoms with van der Waals surface area (Å²) in [7, 11) is 0. The van der Waals surface area contributed by atoms with Crippen molar-refractivity contribution in [1.82, 2.24) is 9.55 Å². The van der Waals surface area contributed by atoms with Gasteiger partial charge < -0.3 is 10.3 Å². The van der Waals surface area contributed by atoms with Gasteiger partial charge in [0.05, 0.1) is 0 Å². The summed E-state index contributed by atoms with van der Waals surface area (Å²) in [6.45, 7) is 1.09. The van der Waals surface area contributed by atoms with Crippen LogP contribution in [0.25, 0.3) is 0 Å². The van der Waals surface area contributed by atoms with E-state index in [1.54, 1.807) is 6.20 Å². The van der Waals surface area contributed by atoms with E-state index in [9.17, 15) is 0 Å². The van der Waals surface area contributed by atoms with E-state index < -0.39 is 0 Å². The number of nitrogens with two attached hydrogens (primary N) is 1. The van der Waals surface area contributed by atoms with Crippen LogP contribution in [0, 0.1) is 17.8 Å². The van der Waals surface area contributed by atoms with Crippen molar-refractivity contribution in [2.24, 2.45) is 17.8 Å². The van der Waals surface area contributed by atoms with Gasteiger partial charge in [0.1, 0.15) is 0 Å². The molecule has 0 aromatic carbocycles. The van der Waals surface area contributed by atoms with Gasteiger partial charge in [-0.25, -0.2) is 4.98 Å². The molecule has 0 radical (unpaired) electrons. The SMILES string of the molecule is Nc1nccn1CC1CC2CCC1C2. The number of nitrogen functional groups attached to an aromatic ring is 1. The number of nitrogens with zero attached hydrogens (tertiary/aromatic N) is 2. The molecule has 2 fully saturated rings. The summed E-state index contributed by atoms with van der Waals surface area (Å²) < 4.78 is 2.10. The molecule has 0 spiro atoms. The van der Waals surface area contributed by atoms with Gasteiger partial charge in [-0.3, -0.25) is 0 Å². The third kappa shape index (κ3) is 1.22. The second-order valence-corrected chi connectivity index (χ2v) is 4.87. The van der Waals surface area contributed by atoms with E-state index in [1.165, 1.54) is 25.7 Å². The standard InChI is InChI=1S/C11H17N3/c12-11-13-3-4-14(11)7-10-6-8-1-2-9(10)5-8/h3-4,8-10H,1-2,5-7H2,(H2,12,13). The first-order valence-corrected chi connectivity index (χ1v) is 5.59. The van der Waals surface area contributed by atoms with Crippen molar-refractivity contribution in [2.45, 2.75) is 32.2 Å². The third-order valence-electron chi connectivity index (χ3n) is 4.06. The lowest BCUT2D eigenvalue weighted by Crippen LogP contribution is -2.17. The molecular weight excluding hydrogens is 174 g/mol. The monoisotopic (exact) mass is 191 g/mol. The van der Waals surface area contributed by atoms with Gasteiger partial charge in [0.2, 0.25) is 0 Å². The number of rotatable bonds is 2. The van der Waals surface area contributed by atoms with Crippen LogP contribution >= 0.6 is 0 Å². The van der Waals surface area contributed by atoms with Crippen LogP contribution in [0.3, 0.4) is 0 Å². The maximum absolute atomic E-state index is 5.77. The van der Waals surface area contributed by atoms with E-state index in [0.717, 1.165) is 24.3 Å². The van der Waals surface area contributed by atoms with E-state index in [2.05, 4.69) is 9.55 Å². The molecular formula is C11H17N3. The highest BCUT2D eigenvalue weighted by Gasteiger charge is 2.39. The summed E-state index contributed by atoms with van der Waals surface area (Å²) in [5.41, 5.74) is 5.77. The largest absolute Gasteiger partial charge is 0.369 e. The van der Waals surface area contributed by atoms with Gasteiger partial charge >= 0.3 is 0 Å². The van der Waals surface area contributed by atoms with Gasteiger partial charge in [-0.05, 0) is 37.0 Å². The van der Waals surface area contributed by atoms with E-state index in [0.29, 0.717) is 5.95 Å². The maximum Gasteiger partial charge on any atom is 0.200 e. The smallest absolute Gasteiger partial charge is 0.200 e. The highest BCUT2D eigenvalue weighted by Crippen LogP contribution is 2.48. The van der Waals surface area contributed by atoms with Crippen molar-refractivity contribution in [1.29, 1.82) is 0 Å². The lowest BCUT2D eigenvalue weighted by Gasteiger charge is -2.22. The minimum Gasteiger partial charge on any atom is -0.369 e. The normalized spacial score (nSPS) is 35.3. The Balaban J connectivity index is 1.71. The van der Waals surface area contributed by atoms with Crippen molar-refractivity contribution in [2.75, 3.05) is 5.73 Å². The lowest BCUT2D eigenvalue weighted by molar-refractivity contribution is 0.297. The highest BCUT2D eigenvalue weighted by molar-refractivity contribution is 5.16. The summed E-state index contributed by atoms with van der Waals surface area (Å²) in [5, 5.41) is 0. The molecule has 1 heterocycles. The van der Waals surface area contributed by atoms with Gasteiger partial charge in [-0.2, -0.15) is 0 Å². The molecule has 2 bridgehead atoms. The van der Waals surface area contributed by atoms with Crippen molar-refractivity contribution < 1.29 is 0 Å². The van der Waals surface area contributed by atoms with Crippen LogP contribution in [-0.4, -0.2) is 9.55 Å². The quantitative estimate of drug-likeness (QED) is 0.776. The van der Waals surface area contributed by atoms with Gasteiger partial charge in [0.15, 0.2) is 5.95 Å². The second-order valence-electron chi connectivity index (χ2n) is 4.87. The number of aromatic nitrogens is 2. The number of fused-ring (bicyclic) bond motifs is 2. The molecule has 2 aliphatic rings. The number of anilines is 1. The van der Waals surface area contributed by atoms with Gasteiger partial charge in [-0.1, -0.05) is 6.42 Å². The summed E-state index contributed by atoms with van der Waals surface area (Å²) in [6.07, 6.45) is 9.61. The Morgan fingerprint density at radius 3 is 2.93 bits per heavy atom. The Hall–Kier alpha value is -0.990. The van der Waals surface area contributed by atoms with E-state index in [1.807, 2.05) is 6.20 Å². The molecule has 1 aromatic rings. The first-order valence-electron chi connectivity index (χ1n) is 5.59. The van der Waals surface area contributed by atoms with Crippen LogP contribution < -0.4 is 5.73 Å². The van der Waals surface area contributed by atoms with Gasteiger partial charge in [-0.15, -0.1) is 0 Å². The van der Waals surface area contributed by atoms with Crippen LogP contribution in [0.4, 0.5) is 5.95 Å². The number of imidazole rings is 1. The first kappa shape index (κ1) is 8.33. The average molecular weight is 191 g/mol. The topological polar surface area (TPSA) is 43.8 Å². The van der Waals surface area contributed by atoms with Crippen LogP contribution in [0.15, 0.2) is 12.4 Å². The molecule has 0 saturated heterocycles. The number of hydrogen-bond donors (Lipinski definition) is 1. The molecule has 2 aliphatic carbocycles. The lowest BCUT2D eigenvalue weighted by atomic mass is 9.89. The Bertz CT molecular complexity index is 331. The Morgan fingerprint density at radius 1 is 1.43 bits per heavy atom. The predicted molar refractivity (Wildman–Crippen MR) is 55.6 cm³/mol. The molecule has 3 unspecified atom stereocenters. The van der Waals surface area contributed by atoms with Crippen LogP contribution in [0.2, 0.25) is 0 Å². The number of hydrogen-bond acceptors (Lipinski definition) is 2. The molecule has 3 heteroatoms. The molecule has 14 heavy (non-hydrogen) atoms.